The molecule has 4 heteroatoms. The maximum atomic E-state index is 12.7. The van der Waals surface area contributed by atoms with Gasteiger partial charge in [-0.2, -0.15) is 0 Å². The molecule has 28 heavy (non-hydrogen) atoms. The summed E-state index contributed by atoms with van der Waals surface area (Å²) in [6, 6.07) is 0. The zero-order valence-electron chi connectivity index (χ0n) is 15.1. The summed E-state index contributed by atoms with van der Waals surface area (Å²) in [7, 11) is -2.42. The molecule has 0 atom stereocenters. The molecular formula is C24H18O3P+. The van der Waals surface area contributed by atoms with Gasteiger partial charge in [-0.1, -0.05) is 97.2 Å². The third kappa shape index (κ3) is 4.11. The average molecular weight is 385 g/mol. The fourth-order valence-electron chi connectivity index (χ4n) is 2.98. The van der Waals surface area contributed by atoms with Gasteiger partial charge >= 0.3 is 8.25 Å². The summed E-state index contributed by atoms with van der Waals surface area (Å²) in [6.45, 7) is 0. The minimum Gasteiger partial charge on any atom is -0.222 e. The van der Waals surface area contributed by atoms with Crippen molar-refractivity contribution in [2.45, 2.75) is 0 Å². The van der Waals surface area contributed by atoms with Crippen LogP contribution in [-0.2, 0) is 13.6 Å². The van der Waals surface area contributed by atoms with Crippen molar-refractivity contribution in [3.63, 3.8) is 0 Å². The van der Waals surface area contributed by atoms with Crippen molar-refractivity contribution >= 4 is 8.25 Å². The lowest BCUT2D eigenvalue weighted by Crippen LogP contribution is -1.94. The lowest BCUT2D eigenvalue weighted by Gasteiger charge is -2.05. The van der Waals surface area contributed by atoms with Gasteiger partial charge in [-0.15, -0.1) is 0 Å². The summed E-state index contributed by atoms with van der Waals surface area (Å²) in [5.41, 5.74) is 3.68. The Kier molecular flexibility index (Phi) is 5.46. The second-order valence-corrected chi connectivity index (χ2v) is 6.94. The van der Waals surface area contributed by atoms with Gasteiger partial charge in [0.25, 0.3) is 0 Å². The van der Waals surface area contributed by atoms with Crippen LogP contribution >= 0.6 is 8.25 Å². The van der Waals surface area contributed by atoms with Gasteiger partial charge < -0.3 is 0 Å². The van der Waals surface area contributed by atoms with Crippen LogP contribution < -0.4 is 0 Å². The second kappa shape index (κ2) is 8.51. The van der Waals surface area contributed by atoms with Crippen LogP contribution in [0.25, 0.3) is 0 Å². The molecule has 4 aliphatic carbocycles. The number of allylic oxidation sites excluding steroid dienone is 22. The minimum absolute atomic E-state index is 0.507. The van der Waals surface area contributed by atoms with Crippen molar-refractivity contribution < 1.29 is 13.6 Å². The van der Waals surface area contributed by atoms with Crippen LogP contribution in [0, 0.1) is 0 Å². The highest BCUT2D eigenvalue weighted by molar-refractivity contribution is 7.33. The molecule has 0 aromatic rings. The molecule has 0 bridgehead atoms. The Morgan fingerprint density at radius 1 is 0.500 bits per heavy atom. The maximum absolute atomic E-state index is 12.7. The molecule has 0 amide bonds. The van der Waals surface area contributed by atoms with E-state index in [2.05, 4.69) is 0 Å². The summed E-state index contributed by atoms with van der Waals surface area (Å²) in [5, 5.41) is 0. The molecule has 0 fully saturated rings. The predicted octanol–water partition coefficient (Wildman–Crippen LogP) is 6.54. The largest absolute Gasteiger partial charge is 0.805 e. The van der Waals surface area contributed by atoms with E-state index in [0.29, 0.717) is 11.5 Å². The topological polar surface area (TPSA) is 35.5 Å². The molecule has 0 saturated heterocycles. The first-order valence-corrected chi connectivity index (χ1v) is 10.0. The first-order chi connectivity index (χ1) is 13.8. The van der Waals surface area contributed by atoms with Crippen LogP contribution in [0.1, 0.15) is 0 Å². The normalized spacial score (nSPS) is 19.3. The van der Waals surface area contributed by atoms with E-state index in [9.17, 15) is 4.57 Å². The van der Waals surface area contributed by atoms with Crippen LogP contribution in [0.4, 0.5) is 0 Å². The average Bonchev–Trinajstić information content (AvgIpc) is 3.18. The standard InChI is InChI=1S/C24H18O3P/c25-28(26-23-17-9-7-13-19-11-3-1-5-15-21(19)23)27-24-18-10-8-14-20-12-4-2-6-16-22(20)24/h1-18H/q+1. The molecule has 0 unspecified atom stereocenters. The van der Waals surface area contributed by atoms with Crippen LogP contribution in [0.5, 0.6) is 0 Å². The molecule has 0 saturated carbocycles. The van der Waals surface area contributed by atoms with Crippen molar-refractivity contribution in [1.29, 1.82) is 0 Å². The molecule has 3 nitrogen and oxygen atoms in total. The SMILES string of the molecule is O=[P+](OC1=C2C=CC=CC=C2C=CC=C1)OC1=C2C=CC=CC=C2C=CC=C1. The van der Waals surface area contributed by atoms with E-state index in [4.69, 9.17) is 9.05 Å². The zero-order chi connectivity index (χ0) is 19.2. The molecule has 136 valence electrons. The number of rotatable bonds is 4. The quantitative estimate of drug-likeness (QED) is 0.515. The van der Waals surface area contributed by atoms with Crippen molar-refractivity contribution in [2.75, 3.05) is 0 Å². The van der Waals surface area contributed by atoms with Gasteiger partial charge in [0.15, 0.2) is 11.5 Å². The Bertz CT molecular complexity index is 977. The lowest BCUT2D eigenvalue weighted by atomic mass is 10.1. The number of hydrogen-bond acceptors (Lipinski definition) is 3. The molecular weight excluding hydrogens is 367 g/mol. The van der Waals surface area contributed by atoms with Crippen LogP contribution in [0.2, 0.25) is 0 Å². The van der Waals surface area contributed by atoms with E-state index < -0.39 is 8.25 Å². The first kappa shape index (κ1) is 18.0. The van der Waals surface area contributed by atoms with Crippen molar-refractivity contribution in [3.8, 4) is 0 Å². The Balaban J connectivity index is 1.61. The van der Waals surface area contributed by atoms with Crippen LogP contribution in [-0.4, -0.2) is 0 Å². The highest BCUT2D eigenvalue weighted by atomic mass is 31.1. The number of hydrogen-bond donors (Lipinski definition) is 0. The summed E-state index contributed by atoms with van der Waals surface area (Å²) < 4.78 is 24.2. The maximum Gasteiger partial charge on any atom is 0.805 e. The summed E-state index contributed by atoms with van der Waals surface area (Å²) in [4.78, 5) is 0. The lowest BCUT2D eigenvalue weighted by molar-refractivity contribution is 0.326. The van der Waals surface area contributed by atoms with Gasteiger partial charge in [0.2, 0.25) is 0 Å². The van der Waals surface area contributed by atoms with Gasteiger partial charge in [0.1, 0.15) is 0 Å². The fourth-order valence-corrected chi connectivity index (χ4v) is 3.66. The van der Waals surface area contributed by atoms with Gasteiger partial charge in [0.05, 0.1) is 0 Å². The third-order valence-corrected chi connectivity index (χ3v) is 4.98. The van der Waals surface area contributed by atoms with E-state index in [0.717, 1.165) is 22.3 Å². The van der Waals surface area contributed by atoms with E-state index in [1.807, 2.05) is 97.2 Å². The Labute approximate surface area is 165 Å². The highest BCUT2D eigenvalue weighted by Crippen LogP contribution is 2.38. The van der Waals surface area contributed by atoms with Gasteiger partial charge in [-0.25, -0.2) is 9.05 Å². The Hall–Kier alpha value is -3.42. The summed E-state index contributed by atoms with van der Waals surface area (Å²) >= 11 is 0. The second-order valence-electron chi connectivity index (χ2n) is 6.13. The smallest absolute Gasteiger partial charge is 0.222 e. The molecule has 0 aliphatic heterocycles. The van der Waals surface area contributed by atoms with Gasteiger partial charge in [-0.3, -0.25) is 0 Å². The third-order valence-electron chi connectivity index (χ3n) is 4.29. The molecule has 0 spiro atoms. The Morgan fingerprint density at radius 3 is 1.43 bits per heavy atom. The van der Waals surface area contributed by atoms with Gasteiger partial charge in [0, 0.05) is 15.7 Å². The van der Waals surface area contributed by atoms with E-state index in [1.54, 1.807) is 12.2 Å². The molecule has 0 aromatic carbocycles. The molecule has 0 radical (unpaired) electrons. The Morgan fingerprint density at radius 2 is 0.929 bits per heavy atom. The van der Waals surface area contributed by atoms with E-state index >= 15 is 0 Å². The van der Waals surface area contributed by atoms with E-state index in [1.165, 1.54) is 0 Å². The molecule has 0 aromatic heterocycles. The monoisotopic (exact) mass is 385 g/mol. The molecule has 4 aliphatic rings. The van der Waals surface area contributed by atoms with Gasteiger partial charge in [-0.05, 0) is 23.3 Å². The van der Waals surface area contributed by atoms with Crippen molar-refractivity contribution in [3.05, 3.63) is 143 Å². The van der Waals surface area contributed by atoms with E-state index in [-0.39, 0.29) is 0 Å². The van der Waals surface area contributed by atoms with Crippen molar-refractivity contribution in [1.82, 2.24) is 0 Å². The zero-order valence-corrected chi connectivity index (χ0v) is 16.0. The molecule has 0 N–H and O–H groups in total. The predicted molar refractivity (Wildman–Crippen MR) is 113 cm³/mol. The fraction of sp³-hybridized carbons (Fsp3) is 0. The molecule has 4 rings (SSSR count). The first-order valence-electron chi connectivity index (χ1n) is 8.93. The van der Waals surface area contributed by atoms with Crippen LogP contribution in [0.15, 0.2) is 143 Å². The summed E-state index contributed by atoms with van der Waals surface area (Å²) in [5.74, 6) is 1.01. The van der Waals surface area contributed by atoms with Crippen LogP contribution in [0.3, 0.4) is 0 Å². The van der Waals surface area contributed by atoms with Crippen molar-refractivity contribution in [2.24, 2.45) is 0 Å². The molecule has 0 heterocycles. The number of fused-ring (bicyclic) bond motifs is 2. The minimum atomic E-state index is -2.42. The highest BCUT2D eigenvalue weighted by Gasteiger charge is 2.29. The summed E-state index contributed by atoms with van der Waals surface area (Å²) in [6.07, 6.45) is 34.6.